The molecule has 0 unspecified atom stereocenters. The van der Waals surface area contributed by atoms with Crippen LogP contribution in [-0.4, -0.2) is 25.0 Å². The zero-order valence-corrected chi connectivity index (χ0v) is 7.59. The van der Waals surface area contributed by atoms with E-state index >= 15 is 0 Å². The van der Waals surface area contributed by atoms with Crippen LogP contribution in [0, 0.1) is 5.41 Å². The molecule has 2 rings (SSSR count). The van der Waals surface area contributed by atoms with Gasteiger partial charge < -0.3 is 10.2 Å². The molecule has 12 heavy (non-hydrogen) atoms. The van der Waals surface area contributed by atoms with E-state index in [0.717, 1.165) is 13.1 Å². The van der Waals surface area contributed by atoms with Crippen LogP contribution < -0.4 is 5.32 Å². The minimum Gasteiger partial charge on any atom is -0.358 e. The lowest BCUT2D eigenvalue weighted by atomic mass is 9.78. The molecule has 0 saturated carbocycles. The molecule has 1 N–H and O–H groups in total. The fourth-order valence-electron chi connectivity index (χ4n) is 1.86. The third-order valence-electron chi connectivity index (χ3n) is 2.82. The Kier molecular flexibility index (Phi) is 1.93. The van der Waals surface area contributed by atoms with E-state index in [1.807, 2.05) is 0 Å². The van der Waals surface area contributed by atoms with Crippen LogP contribution in [0.25, 0.3) is 0 Å². The predicted octanol–water partition coefficient (Wildman–Crippen LogP) is 1.33. The van der Waals surface area contributed by atoms with E-state index in [1.54, 1.807) is 0 Å². The SMILES string of the molecule is CN1C=CC2(C=C1)CCNCC2. The number of nitrogens with zero attached hydrogens (tertiary/aromatic N) is 1. The minimum atomic E-state index is 0.373. The number of nitrogens with one attached hydrogen (secondary N) is 1. The van der Waals surface area contributed by atoms with Crippen LogP contribution in [0.15, 0.2) is 24.6 Å². The normalized spacial score (nSPS) is 26.6. The van der Waals surface area contributed by atoms with Crippen LogP contribution in [0.2, 0.25) is 0 Å². The van der Waals surface area contributed by atoms with Crippen molar-refractivity contribution in [3.8, 4) is 0 Å². The third-order valence-corrected chi connectivity index (χ3v) is 2.82. The molecule has 0 aromatic rings. The van der Waals surface area contributed by atoms with Gasteiger partial charge in [-0.2, -0.15) is 0 Å². The van der Waals surface area contributed by atoms with Gasteiger partial charge in [-0.3, -0.25) is 0 Å². The summed E-state index contributed by atoms with van der Waals surface area (Å²) in [6, 6.07) is 0. The first-order valence-electron chi connectivity index (χ1n) is 4.62. The molecular formula is C10H16N2. The number of allylic oxidation sites excluding steroid dienone is 2. The van der Waals surface area contributed by atoms with Crippen LogP contribution in [-0.2, 0) is 0 Å². The molecule has 0 aromatic carbocycles. The maximum atomic E-state index is 3.39. The fraction of sp³-hybridized carbons (Fsp3) is 0.600. The third kappa shape index (κ3) is 1.39. The number of piperidine rings is 1. The minimum absolute atomic E-state index is 0.373. The second-order valence-electron chi connectivity index (χ2n) is 3.78. The Morgan fingerprint density at radius 2 is 1.75 bits per heavy atom. The number of hydrogen-bond acceptors (Lipinski definition) is 2. The average molecular weight is 164 g/mol. The molecule has 1 spiro atoms. The van der Waals surface area contributed by atoms with Gasteiger partial charge in [0.05, 0.1) is 0 Å². The van der Waals surface area contributed by atoms with Crippen molar-refractivity contribution in [3.63, 3.8) is 0 Å². The van der Waals surface area contributed by atoms with E-state index in [4.69, 9.17) is 0 Å². The van der Waals surface area contributed by atoms with Gasteiger partial charge in [-0.05, 0) is 38.3 Å². The Balaban J connectivity index is 2.11. The van der Waals surface area contributed by atoms with Crippen molar-refractivity contribution in [3.05, 3.63) is 24.6 Å². The van der Waals surface area contributed by atoms with Crippen molar-refractivity contribution in [2.24, 2.45) is 5.41 Å². The Morgan fingerprint density at radius 1 is 1.17 bits per heavy atom. The first kappa shape index (κ1) is 7.87. The topological polar surface area (TPSA) is 15.3 Å². The van der Waals surface area contributed by atoms with Crippen LogP contribution in [0.4, 0.5) is 0 Å². The summed E-state index contributed by atoms with van der Waals surface area (Å²) in [5.74, 6) is 0. The van der Waals surface area contributed by atoms with E-state index in [9.17, 15) is 0 Å². The molecule has 0 aliphatic carbocycles. The number of rotatable bonds is 0. The van der Waals surface area contributed by atoms with E-state index in [1.165, 1.54) is 12.8 Å². The standard InChI is InChI=1S/C10H16N2/c1-12-8-4-10(5-9-12)2-6-11-7-3-10/h4-5,8-9,11H,2-3,6-7H2,1H3. The first-order valence-corrected chi connectivity index (χ1v) is 4.62. The molecule has 66 valence electrons. The lowest BCUT2D eigenvalue weighted by Gasteiger charge is -2.35. The summed E-state index contributed by atoms with van der Waals surface area (Å²) in [7, 11) is 2.07. The highest BCUT2D eigenvalue weighted by Crippen LogP contribution is 2.34. The molecule has 2 nitrogen and oxygen atoms in total. The predicted molar refractivity (Wildman–Crippen MR) is 50.6 cm³/mol. The van der Waals surface area contributed by atoms with E-state index in [2.05, 4.69) is 41.8 Å². The summed E-state index contributed by atoms with van der Waals surface area (Å²) in [6.07, 6.45) is 11.5. The number of hydrogen-bond donors (Lipinski definition) is 1. The lowest BCUT2D eigenvalue weighted by Crippen LogP contribution is -2.35. The summed E-state index contributed by atoms with van der Waals surface area (Å²) in [6.45, 7) is 2.30. The highest BCUT2D eigenvalue weighted by atomic mass is 15.1. The van der Waals surface area contributed by atoms with Crippen molar-refractivity contribution in [2.45, 2.75) is 12.8 Å². The van der Waals surface area contributed by atoms with Crippen molar-refractivity contribution in [1.29, 1.82) is 0 Å². The molecule has 1 fully saturated rings. The monoisotopic (exact) mass is 164 g/mol. The van der Waals surface area contributed by atoms with Crippen LogP contribution >= 0.6 is 0 Å². The van der Waals surface area contributed by atoms with Gasteiger partial charge in [0.2, 0.25) is 0 Å². The van der Waals surface area contributed by atoms with Crippen LogP contribution in [0.1, 0.15) is 12.8 Å². The molecular weight excluding hydrogens is 148 g/mol. The molecule has 0 radical (unpaired) electrons. The molecule has 0 atom stereocenters. The second kappa shape index (κ2) is 2.94. The average Bonchev–Trinajstić information content (AvgIpc) is 2.13. The van der Waals surface area contributed by atoms with Gasteiger partial charge in [-0.25, -0.2) is 0 Å². The molecule has 2 heteroatoms. The zero-order valence-electron chi connectivity index (χ0n) is 7.59. The Labute approximate surface area is 73.9 Å². The van der Waals surface area contributed by atoms with Gasteiger partial charge in [0, 0.05) is 12.5 Å². The van der Waals surface area contributed by atoms with E-state index in [-0.39, 0.29) is 0 Å². The smallest absolute Gasteiger partial charge is 0.0120 e. The van der Waals surface area contributed by atoms with Crippen LogP contribution in [0.5, 0.6) is 0 Å². The van der Waals surface area contributed by atoms with Crippen molar-refractivity contribution >= 4 is 0 Å². The van der Waals surface area contributed by atoms with E-state index < -0.39 is 0 Å². The van der Waals surface area contributed by atoms with Crippen molar-refractivity contribution in [2.75, 3.05) is 20.1 Å². The first-order chi connectivity index (χ1) is 5.81. The summed E-state index contributed by atoms with van der Waals surface area (Å²) in [4.78, 5) is 2.10. The molecule has 2 heterocycles. The molecule has 1 saturated heterocycles. The van der Waals surface area contributed by atoms with E-state index in [0.29, 0.717) is 5.41 Å². The largest absolute Gasteiger partial charge is 0.358 e. The Bertz CT molecular complexity index is 196. The molecule has 2 aliphatic rings. The lowest BCUT2D eigenvalue weighted by molar-refractivity contribution is 0.328. The van der Waals surface area contributed by atoms with Gasteiger partial charge in [0.25, 0.3) is 0 Å². The molecule has 2 aliphatic heterocycles. The Hall–Kier alpha value is -0.760. The molecule has 0 aromatic heterocycles. The molecule has 0 bridgehead atoms. The summed E-state index contributed by atoms with van der Waals surface area (Å²) < 4.78 is 0. The van der Waals surface area contributed by atoms with Crippen molar-refractivity contribution < 1.29 is 0 Å². The van der Waals surface area contributed by atoms with Gasteiger partial charge in [0.1, 0.15) is 0 Å². The van der Waals surface area contributed by atoms with Gasteiger partial charge in [0.15, 0.2) is 0 Å². The fourth-order valence-corrected chi connectivity index (χ4v) is 1.86. The van der Waals surface area contributed by atoms with Crippen LogP contribution in [0.3, 0.4) is 0 Å². The quantitative estimate of drug-likeness (QED) is 0.581. The maximum absolute atomic E-state index is 3.39. The summed E-state index contributed by atoms with van der Waals surface area (Å²) in [5, 5.41) is 3.39. The maximum Gasteiger partial charge on any atom is 0.0120 e. The summed E-state index contributed by atoms with van der Waals surface area (Å²) >= 11 is 0. The van der Waals surface area contributed by atoms with Gasteiger partial charge >= 0.3 is 0 Å². The molecule has 0 amide bonds. The zero-order chi connectivity index (χ0) is 8.44. The van der Waals surface area contributed by atoms with Crippen molar-refractivity contribution in [1.82, 2.24) is 10.2 Å². The highest BCUT2D eigenvalue weighted by Gasteiger charge is 2.27. The highest BCUT2D eigenvalue weighted by molar-refractivity contribution is 5.17. The van der Waals surface area contributed by atoms with Gasteiger partial charge in [-0.15, -0.1) is 0 Å². The Morgan fingerprint density at radius 3 is 2.33 bits per heavy atom. The second-order valence-corrected chi connectivity index (χ2v) is 3.78. The van der Waals surface area contributed by atoms with Gasteiger partial charge in [-0.1, -0.05) is 12.2 Å². The summed E-state index contributed by atoms with van der Waals surface area (Å²) in [5.41, 5.74) is 0.373.